The SMILES string of the molecule is CCOC(=O)c1c(-c2ccc(-c3cccc4ccoc34)cc2)c(C#N)cn1C. The highest BCUT2D eigenvalue weighted by Crippen LogP contribution is 2.34. The minimum absolute atomic E-state index is 0.275. The number of para-hydroxylation sites is 1. The van der Waals surface area contributed by atoms with Crippen molar-refractivity contribution >= 4 is 16.9 Å². The number of ether oxygens (including phenoxy) is 1. The fourth-order valence-electron chi connectivity index (χ4n) is 3.49. The van der Waals surface area contributed by atoms with Crippen molar-refractivity contribution in [3.63, 3.8) is 0 Å². The van der Waals surface area contributed by atoms with Crippen LogP contribution in [0.25, 0.3) is 33.2 Å². The molecule has 28 heavy (non-hydrogen) atoms. The van der Waals surface area contributed by atoms with Crippen molar-refractivity contribution in [1.29, 1.82) is 5.26 Å². The molecule has 0 aliphatic rings. The molecular weight excluding hydrogens is 352 g/mol. The van der Waals surface area contributed by atoms with E-state index in [0.717, 1.165) is 27.7 Å². The van der Waals surface area contributed by atoms with Crippen LogP contribution in [-0.2, 0) is 11.8 Å². The summed E-state index contributed by atoms with van der Waals surface area (Å²) in [5, 5.41) is 10.6. The number of rotatable bonds is 4. The van der Waals surface area contributed by atoms with Crippen molar-refractivity contribution in [3.8, 4) is 28.3 Å². The van der Waals surface area contributed by atoms with Crippen LogP contribution in [0.15, 0.2) is 65.4 Å². The Hall–Kier alpha value is -3.78. The number of carbonyl (C=O) groups is 1. The fourth-order valence-corrected chi connectivity index (χ4v) is 3.49. The normalized spacial score (nSPS) is 10.8. The van der Waals surface area contributed by atoms with Crippen molar-refractivity contribution < 1.29 is 13.9 Å². The van der Waals surface area contributed by atoms with Crippen LogP contribution >= 0.6 is 0 Å². The van der Waals surface area contributed by atoms with Gasteiger partial charge in [0, 0.05) is 29.8 Å². The summed E-state index contributed by atoms with van der Waals surface area (Å²) in [6.07, 6.45) is 3.33. The van der Waals surface area contributed by atoms with Crippen LogP contribution in [0.1, 0.15) is 23.0 Å². The highest BCUT2D eigenvalue weighted by molar-refractivity contribution is 5.98. The molecule has 0 saturated heterocycles. The van der Waals surface area contributed by atoms with Crippen molar-refractivity contribution in [2.24, 2.45) is 7.05 Å². The number of hydrogen-bond donors (Lipinski definition) is 0. The van der Waals surface area contributed by atoms with E-state index in [4.69, 9.17) is 9.15 Å². The molecule has 2 aromatic heterocycles. The van der Waals surface area contributed by atoms with Gasteiger partial charge in [-0.1, -0.05) is 42.5 Å². The number of fused-ring (bicyclic) bond motifs is 1. The van der Waals surface area contributed by atoms with Gasteiger partial charge in [-0.15, -0.1) is 0 Å². The molecule has 5 nitrogen and oxygen atoms in total. The van der Waals surface area contributed by atoms with Gasteiger partial charge < -0.3 is 13.7 Å². The van der Waals surface area contributed by atoms with Crippen LogP contribution in [0.4, 0.5) is 0 Å². The maximum atomic E-state index is 12.4. The van der Waals surface area contributed by atoms with E-state index < -0.39 is 5.97 Å². The minimum Gasteiger partial charge on any atom is -0.464 e. The summed E-state index contributed by atoms with van der Waals surface area (Å²) in [7, 11) is 1.74. The first-order chi connectivity index (χ1) is 13.6. The van der Waals surface area contributed by atoms with E-state index in [1.807, 2.05) is 48.5 Å². The average molecular weight is 370 g/mol. The van der Waals surface area contributed by atoms with E-state index in [2.05, 4.69) is 6.07 Å². The summed E-state index contributed by atoms with van der Waals surface area (Å²) in [4.78, 5) is 12.4. The second-order valence-electron chi connectivity index (χ2n) is 6.43. The quantitative estimate of drug-likeness (QED) is 0.466. The molecule has 0 fully saturated rings. The van der Waals surface area contributed by atoms with E-state index in [-0.39, 0.29) is 6.61 Å². The maximum absolute atomic E-state index is 12.4. The highest BCUT2D eigenvalue weighted by atomic mass is 16.5. The largest absolute Gasteiger partial charge is 0.464 e. The van der Waals surface area contributed by atoms with Gasteiger partial charge in [0.25, 0.3) is 0 Å². The van der Waals surface area contributed by atoms with Gasteiger partial charge >= 0.3 is 5.97 Å². The third kappa shape index (κ3) is 2.85. The second-order valence-corrected chi connectivity index (χ2v) is 6.43. The Morgan fingerprint density at radius 3 is 2.61 bits per heavy atom. The van der Waals surface area contributed by atoms with Crippen LogP contribution in [0, 0.1) is 11.3 Å². The predicted octanol–water partition coefficient (Wildman–Crippen LogP) is 5.15. The molecule has 0 atom stereocenters. The number of nitrogens with zero attached hydrogens (tertiary/aromatic N) is 2. The summed E-state index contributed by atoms with van der Waals surface area (Å²) in [5.74, 6) is -0.439. The van der Waals surface area contributed by atoms with Gasteiger partial charge in [-0.2, -0.15) is 5.26 Å². The van der Waals surface area contributed by atoms with Crippen LogP contribution in [0.3, 0.4) is 0 Å². The van der Waals surface area contributed by atoms with Gasteiger partial charge in [0.05, 0.1) is 18.4 Å². The van der Waals surface area contributed by atoms with Crippen molar-refractivity contribution in [2.75, 3.05) is 6.61 Å². The zero-order valence-electron chi connectivity index (χ0n) is 15.6. The van der Waals surface area contributed by atoms with Gasteiger partial charge in [0.2, 0.25) is 0 Å². The molecule has 0 aliphatic heterocycles. The number of hydrogen-bond acceptors (Lipinski definition) is 4. The predicted molar refractivity (Wildman–Crippen MR) is 107 cm³/mol. The van der Waals surface area contributed by atoms with Crippen molar-refractivity contribution in [1.82, 2.24) is 4.57 Å². The van der Waals surface area contributed by atoms with Gasteiger partial charge in [0.1, 0.15) is 17.3 Å². The first-order valence-corrected chi connectivity index (χ1v) is 8.97. The number of aryl methyl sites for hydroxylation is 1. The molecule has 0 bridgehead atoms. The van der Waals surface area contributed by atoms with E-state index in [1.165, 1.54) is 0 Å². The molecule has 0 saturated carbocycles. The number of carbonyl (C=O) groups excluding carboxylic acids is 1. The number of benzene rings is 2. The molecule has 0 aliphatic carbocycles. The van der Waals surface area contributed by atoms with Crippen LogP contribution in [-0.4, -0.2) is 17.1 Å². The summed E-state index contributed by atoms with van der Waals surface area (Å²) < 4.78 is 12.4. The standard InChI is InChI=1S/C23H18N2O3/c1-3-27-23(26)21-20(18(13-24)14-25(21)2)16-9-7-15(8-10-16)19-6-4-5-17-11-12-28-22(17)19/h4-12,14H,3H2,1-2H3. The van der Waals surface area contributed by atoms with Crippen molar-refractivity contribution in [3.05, 3.63) is 72.2 Å². The topological polar surface area (TPSA) is 68.2 Å². The van der Waals surface area contributed by atoms with E-state index in [9.17, 15) is 10.1 Å². The Kier molecular flexibility index (Phi) is 4.46. The lowest BCUT2D eigenvalue weighted by Gasteiger charge is -2.09. The third-order valence-electron chi connectivity index (χ3n) is 4.73. The summed E-state index contributed by atoms with van der Waals surface area (Å²) in [6.45, 7) is 2.03. The number of aromatic nitrogens is 1. The summed E-state index contributed by atoms with van der Waals surface area (Å²) >= 11 is 0. The molecule has 2 aromatic carbocycles. The molecule has 138 valence electrons. The smallest absolute Gasteiger partial charge is 0.355 e. The summed E-state index contributed by atoms with van der Waals surface area (Å²) in [6, 6.07) is 17.9. The molecule has 0 amide bonds. The highest BCUT2D eigenvalue weighted by Gasteiger charge is 2.23. The number of furan rings is 1. The van der Waals surface area contributed by atoms with E-state index in [1.54, 1.807) is 31.0 Å². The average Bonchev–Trinajstić information content (AvgIpc) is 3.32. The minimum atomic E-state index is -0.439. The lowest BCUT2D eigenvalue weighted by atomic mass is 9.97. The molecule has 5 heteroatoms. The lowest BCUT2D eigenvalue weighted by Crippen LogP contribution is -2.10. The fraction of sp³-hybridized carbons (Fsp3) is 0.130. The number of esters is 1. The van der Waals surface area contributed by atoms with Gasteiger partial charge in [0.15, 0.2) is 0 Å². The Labute approximate surface area is 162 Å². The van der Waals surface area contributed by atoms with Crippen LogP contribution in [0.2, 0.25) is 0 Å². The van der Waals surface area contributed by atoms with Crippen LogP contribution in [0.5, 0.6) is 0 Å². The Balaban J connectivity index is 1.81. The molecule has 4 rings (SSSR count). The Morgan fingerprint density at radius 2 is 1.89 bits per heavy atom. The molecule has 0 N–H and O–H groups in total. The summed E-state index contributed by atoms with van der Waals surface area (Å²) in [5.41, 5.74) is 5.01. The first-order valence-electron chi connectivity index (χ1n) is 8.97. The molecule has 0 spiro atoms. The van der Waals surface area contributed by atoms with Gasteiger partial charge in [-0.3, -0.25) is 0 Å². The monoisotopic (exact) mass is 370 g/mol. The van der Waals surface area contributed by atoms with Crippen molar-refractivity contribution in [2.45, 2.75) is 6.92 Å². The maximum Gasteiger partial charge on any atom is 0.355 e. The van der Waals surface area contributed by atoms with E-state index >= 15 is 0 Å². The lowest BCUT2D eigenvalue weighted by molar-refractivity contribution is 0.0516. The van der Waals surface area contributed by atoms with E-state index in [0.29, 0.717) is 16.8 Å². The molecule has 4 aromatic rings. The molecule has 0 radical (unpaired) electrons. The zero-order chi connectivity index (χ0) is 19.7. The second kappa shape index (κ2) is 7.09. The first kappa shape index (κ1) is 17.6. The van der Waals surface area contributed by atoms with Gasteiger partial charge in [-0.25, -0.2) is 4.79 Å². The molecular formula is C23H18N2O3. The third-order valence-corrected chi connectivity index (χ3v) is 4.73. The molecule has 0 unspecified atom stereocenters. The number of nitriles is 1. The van der Waals surface area contributed by atoms with Gasteiger partial charge in [-0.05, 0) is 24.1 Å². The van der Waals surface area contributed by atoms with Crippen LogP contribution < -0.4 is 0 Å². The zero-order valence-corrected chi connectivity index (χ0v) is 15.6. The molecule has 2 heterocycles. The Bertz CT molecular complexity index is 1210. The Morgan fingerprint density at radius 1 is 1.14 bits per heavy atom.